The van der Waals surface area contributed by atoms with Crippen LogP contribution in [-0.2, 0) is 15.3 Å². The normalized spacial score (nSPS) is 11.4. The second kappa shape index (κ2) is 9.43. The fraction of sp³-hybridized carbons (Fsp3) is 0.304. The van der Waals surface area contributed by atoms with E-state index < -0.39 is 5.97 Å². The predicted molar refractivity (Wildman–Crippen MR) is 111 cm³/mol. The van der Waals surface area contributed by atoms with Gasteiger partial charge in [-0.25, -0.2) is 4.79 Å². The molecule has 0 spiro atoms. The minimum absolute atomic E-state index is 0.0231. The van der Waals surface area contributed by atoms with Gasteiger partial charge in [0.2, 0.25) is 0 Å². The van der Waals surface area contributed by atoms with Gasteiger partial charge in [0.25, 0.3) is 0 Å². The van der Waals surface area contributed by atoms with Crippen molar-refractivity contribution in [3.8, 4) is 6.07 Å². The zero-order valence-corrected chi connectivity index (χ0v) is 17.3. The van der Waals surface area contributed by atoms with E-state index in [1.165, 1.54) is 16.0 Å². The highest BCUT2D eigenvalue weighted by atomic mass is 32.2. The van der Waals surface area contributed by atoms with Crippen molar-refractivity contribution in [2.45, 2.75) is 51.4 Å². The van der Waals surface area contributed by atoms with Gasteiger partial charge in [-0.15, -0.1) is 11.8 Å². The van der Waals surface area contributed by atoms with Crippen LogP contribution in [0.5, 0.6) is 0 Å². The van der Waals surface area contributed by atoms with Gasteiger partial charge in [-0.05, 0) is 69.0 Å². The zero-order chi connectivity index (χ0) is 20.0. The molecule has 0 saturated carbocycles. The molecule has 0 radical (unpaired) electrons. The highest BCUT2D eigenvalue weighted by Gasteiger charge is 2.14. The zero-order valence-electron chi connectivity index (χ0n) is 16.5. The Morgan fingerprint density at radius 2 is 1.93 bits per heavy atom. The van der Waals surface area contributed by atoms with Crippen molar-refractivity contribution < 1.29 is 9.53 Å². The summed E-state index contributed by atoms with van der Waals surface area (Å²) in [6, 6.07) is 14.5. The Morgan fingerprint density at radius 3 is 2.56 bits per heavy atom. The molecule has 0 amide bonds. The fourth-order valence-corrected chi connectivity index (χ4v) is 3.79. The Bertz CT molecular complexity index is 907. The Hall–Kier alpha value is -2.51. The molecule has 0 saturated heterocycles. The van der Waals surface area contributed by atoms with Gasteiger partial charge in [-0.2, -0.15) is 5.26 Å². The molecule has 0 unspecified atom stereocenters. The van der Waals surface area contributed by atoms with Gasteiger partial charge in [-0.1, -0.05) is 35.9 Å². The number of carbonyl (C=O) groups is 1. The number of carbonyl (C=O) groups excluding carboxylic acids is 1. The summed E-state index contributed by atoms with van der Waals surface area (Å²) in [5, 5.41) is 9.36. The Balaban J connectivity index is 2.31. The summed E-state index contributed by atoms with van der Waals surface area (Å²) < 4.78 is 5.16. The monoisotopic (exact) mass is 379 g/mol. The number of aryl methyl sites for hydroxylation is 2. The Kier molecular flexibility index (Phi) is 7.27. The lowest BCUT2D eigenvalue weighted by Gasteiger charge is -2.13. The molecule has 2 aromatic rings. The van der Waals surface area contributed by atoms with Crippen molar-refractivity contribution in [1.82, 2.24) is 0 Å². The van der Waals surface area contributed by atoms with Gasteiger partial charge in [0.15, 0.2) is 0 Å². The first kappa shape index (κ1) is 20.8. The van der Waals surface area contributed by atoms with Gasteiger partial charge in [0, 0.05) is 10.6 Å². The third-order valence-electron chi connectivity index (χ3n) is 4.16. The molecule has 0 aliphatic heterocycles. The molecule has 0 bridgehead atoms. The molecule has 2 aromatic carbocycles. The quantitative estimate of drug-likeness (QED) is 0.277. The third kappa shape index (κ3) is 5.74. The molecule has 0 heterocycles. The lowest BCUT2D eigenvalue weighted by atomic mass is 9.98. The minimum Gasteiger partial charge on any atom is -0.459 e. The van der Waals surface area contributed by atoms with Gasteiger partial charge < -0.3 is 4.74 Å². The van der Waals surface area contributed by atoms with Crippen molar-refractivity contribution in [2.75, 3.05) is 0 Å². The number of hydrogen-bond acceptors (Lipinski definition) is 4. The molecule has 0 aliphatic carbocycles. The summed E-state index contributed by atoms with van der Waals surface area (Å²) in [6.07, 6.45) is 1.38. The molecule has 3 nitrogen and oxygen atoms in total. The predicted octanol–water partition coefficient (Wildman–Crippen LogP) is 5.76. The van der Waals surface area contributed by atoms with Gasteiger partial charge >= 0.3 is 5.97 Å². The van der Waals surface area contributed by atoms with E-state index in [1.54, 1.807) is 31.7 Å². The van der Waals surface area contributed by atoms with Crippen LogP contribution in [0.4, 0.5) is 0 Å². The van der Waals surface area contributed by atoms with Crippen LogP contribution in [0.1, 0.15) is 41.7 Å². The Morgan fingerprint density at radius 1 is 1.22 bits per heavy atom. The largest absolute Gasteiger partial charge is 0.459 e. The molecule has 27 heavy (non-hydrogen) atoms. The molecule has 140 valence electrons. The van der Waals surface area contributed by atoms with Crippen LogP contribution < -0.4 is 0 Å². The van der Waals surface area contributed by atoms with E-state index in [2.05, 4.69) is 25.1 Å². The van der Waals surface area contributed by atoms with Crippen molar-refractivity contribution >= 4 is 23.8 Å². The molecular formula is C23H25NO2S. The average molecular weight is 380 g/mol. The maximum Gasteiger partial charge on any atom is 0.349 e. The number of benzene rings is 2. The standard InChI is InChI=1S/C23H25NO2S/c1-15(2)26-23(25)20(13-24)12-19-10-16(3)11-21(18(19)5)14-27-22-9-7-6-8-17(22)4/h6-12,15H,14H2,1-5H3. The van der Waals surface area contributed by atoms with Gasteiger partial charge in [0.1, 0.15) is 11.6 Å². The number of thioether (sulfide) groups is 1. The first-order valence-electron chi connectivity index (χ1n) is 8.93. The smallest absolute Gasteiger partial charge is 0.349 e. The second-order valence-electron chi connectivity index (χ2n) is 6.82. The van der Waals surface area contributed by atoms with E-state index in [0.717, 1.165) is 22.4 Å². The van der Waals surface area contributed by atoms with Crippen molar-refractivity contribution in [3.05, 3.63) is 69.8 Å². The van der Waals surface area contributed by atoms with Crippen molar-refractivity contribution in [1.29, 1.82) is 5.26 Å². The summed E-state index contributed by atoms with van der Waals surface area (Å²) in [7, 11) is 0. The average Bonchev–Trinajstić information content (AvgIpc) is 2.61. The lowest BCUT2D eigenvalue weighted by Crippen LogP contribution is -2.12. The van der Waals surface area contributed by atoms with E-state index in [-0.39, 0.29) is 11.7 Å². The SMILES string of the molecule is Cc1cc(C=C(C#N)C(=O)OC(C)C)c(C)c(CSc2ccccc2C)c1. The molecule has 2 rings (SSSR count). The van der Waals surface area contributed by atoms with E-state index in [0.29, 0.717) is 0 Å². The van der Waals surface area contributed by atoms with Crippen LogP contribution in [0.15, 0.2) is 46.9 Å². The number of nitrogens with zero attached hydrogens (tertiary/aromatic N) is 1. The lowest BCUT2D eigenvalue weighted by molar-refractivity contribution is -0.142. The van der Waals surface area contributed by atoms with E-state index >= 15 is 0 Å². The van der Waals surface area contributed by atoms with Crippen LogP contribution in [-0.4, -0.2) is 12.1 Å². The van der Waals surface area contributed by atoms with Crippen LogP contribution in [0.25, 0.3) is 6.08 Å². The first-order chi connectivity index (χ1) is 12.8. The molecule has 0 N–H and O–H groups in total. The molecule has 0 aromatic heterocycles. The van der Waals surface area contributed by atoms with Crippen LogP contribution >= 0.6 is 11.8 Å². The van der Waals surface area contributed by atoms with Crippen LogP contribution in [0.3, 0.4) is 0 Å². The van der Waals surface area contributed by atoms with E-state index in [1.807, 2.05) is 38.1 Å². The summed E-state index contributed by atoms with van der Waals surface area (Å²) in [5.41, 5.74) is 5.54. The van der Waals surface area contributed by atoms with E-state index in [9.17, 15) is 10.1 Å². The highest BCUT2D eigenvalue weighted by Crippen LogP contribution is 2.29. The number of hydrogen-bond donors (Lipinski definition) is 0. The molecular weight excluding hydrogens is 354 g/mol. The maximum atomic E-state index is 12.1. The maximum absolute atomic E-state index is 12.1. The summed E-state index contributed by atoms with van der Waals surface area (Å²) in [6.45, 7) is 9.70. The summed E-state index contributed by atoms with van der Waals surface area (Å²) in [5.74, 6) is 0.251. The molecule has 0 fully saturated rings. The topological polar surface area (TPSA) is 50.1 Å². The summed E-state index contributed by atoms with van der Waals surface area (Å²) in [4.78, 5) is 13.4. The van der Waals surface area contributed by atoms with Crippen LogP contribution in [0, 0.1) is 32.1 Å². The van der Waals surface area contributed by atoms with Crippen LogP contribution in [0.2, 0.25) is 0 Å². The van der Waals surface area contributed by atoms with Gasteiger partial charge in [0.05, 0.1) is 6.10 Å². The third-order valence-corrected chi connectivity index (χ3v) is 5.38. The number of rotatable bonds is 6. The van der Waals surface area contributed by atoms with Crippen molar-refractivity contribution in [3.63, 3.8) is 0 Å². The van der Waals surface area contributed by atoms with Crippen molar-refractivity contribution in [2.24, 2.45) is 0 Å². The fourth-order valence-electron chi connectivity index (χ4n) is 2.71. The summed E-state index contributed by atoms with van der Waals surface area (Å²) >= 11 is 1.79. The second-order valence-corrected chi connectivity index (χ2v) is 7.83. The Labute approximate surface area is 166 Å². The number of esters is 1. The number of ether oxygens (including phenoxy) is 1. The molecule has 4 heteroatoms. The number of nitriles is 1. The minimum atomic E-state index is -0.579. The molecule has 0 aliphatic rings. The van der Waals surface area contributed by atoms with E-state index in [4.69, 9.17) is 4.74 Å². The highest BCUT2D eigenvalue weighted by molar-refractivity contribution is 7.98. The van der Waals surface area contributed by atoms with Gasteiger partial charge in [-0.3, -0.25) is 0 Å². The first-order valence-corrected chi connectivity index (χ1v) is 9.91. The molecule has 0 atom stereocenters.